The summed E-state index contributed by atoms with van der Waals surface area (Å²) in [5, 5.41) is 3.59. The predicted molar refractivity (Wildman–Crippen MR) is 74.3 cm³/mol. The first-order chi connectivity index (χ1) is 8.38. The first kappa shape index (κ1) is 13.4. The second-order valence-corrected chi connectivity index (χ2v) is 6.12. The van der Waals surface area contributed by atoms with Crippen LogP contribution < -0.4 is 5.32 Å². The minimum atomic E-state index is 0.914. The molecule has 100 valence electrons. The van der Waals surface area contributed by atoms with Crippen LogP contribution in [-0.2, 0) is 0 Å². The van der Waals surface area contributed by atoms with Crippen molar-refractivity contribution in [2.24, 2.45) is 11.8 Å². The molecular weight excluding hydrogens is 208 g/mol. The van der Waals surface area contributed by atoms with Crippen LogP contribution in [0, 0.1) is 11.8 Å². The van der Waals surface area contributed by atoms with Crippen LogP contribution in [0.25, 0.3) is 0 Å². The molecule has 2 nitrogen and oxygen atoms in total. The lowest BCUT2D eigenvalue weighted by Gasteiger charge is -2.34. The molecule has 17 heavy (non-hydrogen) atoms. The molecule has 1 atom stereocenters. The number of piperidine rings is 1. The Labute approximate surface area is 107 Å². The molecule has 2 heteroatoms. The van der Waals surface area contributed by atoms with E-state index in [1.54, 1.807) is 0 Å². The van der Waals surface area contributed by atoms with Gasteiger partial charge in [0, 0.05) is 13.1 Å². The molecule has 0 aromatic heterocycles. The van der Waals surface area contributed by atoms with Crippen LogP contribution in [0.3, 0.4) is 0 Å². The Morgan fingerprint density at radius 3 is 2.59 bits per heavy atom. The monoisotopic (exact) mass is 238 g/mol. The van der Waals surface area contributed by atoms with Crippen molar-refractivity contribution in [1.29, 1.82) is 0 Å². The largest absolute Gasteiger partial charge is 0.316 e. The Kier molecular flexibility index (Phi) is 5.79. The van der Waals surface area contributed by atoms with E-state index in [4.69, 9.17) is 0 Å². The van der Waals surface area contributed by atoms with Gasteiger partial charge in [0.15, 0.2) is 0 Å². The minimum Gasteiger partial charge on any atom is -0.316 e. The van der Waals surface area contributed by atoms with Crippen molar-refractivity contribution in [1.82, 2.24) is 10.2 Å². The maximum Gasteiger partial charge on any atom is 0.00219 e. The fourth-order valence-corrected chi connectivity index (χ4v) is 3.52. The van der Waals surface area contributed by atoms with Crippen molar-refractivity contribution in [2.75, 3.05) is 32.7 Å². The number of hydrogen-bond acceptors (Lipinski definition) is 2. The van der Waals surface area contributed by atoms with Crippen LogP contribution in [0.2, 0.25) is 0 Å². The average Bonchev–Trinajstić information content (AvgIpc) is 2.83. The molecule has 2 rings (SSSR count). The van der Waals surface area contributed by atoms with E-state index in [2.05, 4.69) is 17.1 Å². The molecule has 0 radical (unpaired) electrons. The standard InChI is InChI=1S/C15H30N2/c1-2-9-16-11-15-8-5-10-17(13-15)12-14-6-3-4-7-14/h14-16H,2-13H2,1H3. The van der Waals surface area contributed by atoms with Crippen molar-refractivity contribution in [2.45, 2.75) is 51.9 Å². The van der Waals surface area contributed by atoms with Gasteiger partial charge in [-0.3, -0.25) is 0 Å². The third-order valence-electron chi connectivity index (χ3n) is 4.45. The number of likely N-dealkylation sites (tertiary alicyclic amines) is 1. The van der Waals surface area contributed by atoms with Gasteiger partial charge in [-0.05, 0) is 63.6 Å². The summed E-state index contributed by atoms with van der Waals surface area (Å²) in [6, 6.07) is 0. The summed E-state index contributed by atoms with van der Waals surface area (Å²) in [4.78, 5) is 2.75. The van der Waals surface area contributed by atoms with Gasteiger partial charge in [0.25, 0.3) is 0 Å². The quantitative estimate of drug-likeness (QED) is 0.716. The summed E-state index contributed by atoms with van der Waals surface area (Å²) in [5.74, 6) is 1.94. The fourth-order valence-electron chi connectivity index (χ4n) is 3.52. The molecule has 2 aliphatic rings. The highest BCUT2D eigenvalue weighted by atomic mass is 15.1. The Morgan fingerprint density at radius 2 is 1.82 bits per heavy atom. The number of rotatable bonds is 6. The smallest absolute Gasteiger partial charge is 0.00219 e. The van der Waals surface area contributed by atoms with Crippen molar-refractivity contribution < 1.29 is 0 Å². The van der Waals surface area contributed by atoms with Gasteiger partial charge in [0.05, 0.1) is 0 Å². The van der Waals surface area contributed by atoms with E-state index < -0.39 is 0 Å². The summed E-state index contributed by atoms with van der Waals surface area (Å²) in [6.45, 7) is 8.80. The summed E-state index contributed by atoms with van der Waals surface area (Å²) in [6.07, 6.45) is 10.1. The summed E-state index contributed by atoms with van der Waals surface area (Å²) in [7, 11) is 0. The van der Waals surface area contributed by atoms with Gasteiger partial charge in [-0.15, -0.1) is 0 Å². The molecule has 0 aromatic carbocycles. The molecule has 1 heterocycles. The van der Waals surface area contributed by atoms with Gasteiger partial charge in [-0.1, -0.05) is 19.8 Å². The van der Waals surface area contributed by atoms with Crippen molar-refractivity contribution in [3.8, 4) is 0 Å². The lowest BCUT2D eigenvalue weighted by molar-refractivity contribution is 0.150. The second-order valence-electron chi connectivity index (χ2n) is 6.12. The molecule has 1 N–H and O–H groups in total. The third kappa shape index (κ3) is 4.59. The maximum absolute atomic E-state index is 3.59. The van der Waals surface area contributed by atoms with Crippen LogP contribution in [-0.4, -0.2) is 37.6 Å². The number of nitrogens with zero attached hydrogens (tertiary/aromatic N) is 1. The SMILES string of the molecule is CCCNCC1CCCN(CC2CCCC2)C1. The van der Waals surface area contributed by atoms with E-state index in [0.29, 0.717) is 0 Å². The molecule has 1 unspecified atom stereocenters. The molecule has 1 aliphatic carbocycles. The lowest BCUT2D eigenvalue weighted by Crippen LogP contribution is -2.41. The van der Waals surface area contributed by atoms with E-state index >= 15 is 0 Å². The van der Waals surface area contributed by atoms with Gasteiger partial charge >= 0.3 is 0 Å². The predicted octanol–water partition coefficient (Wildman–Crippen LogP) is 2.89. The second kappa shape index (κ2) is 7.38. The Balaban J connectivity index is 1.65. The fraction of sp³-hybridized carbons (Fsp3) is 1.00. The Morgan fingerprint density at radius 1 is 1.06 bits per heavy atom. The molecule has 2 fully saturated rings. The van der Waals surface area contributed by atoms with E-state index in [0.717, 1.165) is 11.8 Å². The van der Waals surface area contributed by atoms with Crippen LogP contribution >= 0.6 is 0 Å². The van der Waals surface area contributed by atoms with Crippen molar-refractivity contribution in [3.63, 3.8) is 0 Å². The van der Waals surface area contributed by atoms with Crippen LogP contribution in [0.5, 0.6) is 0 Å². The third-order valence-corrected chi connectivity index (χ3v) is 4.45. The highest BCUT2D eigenvalue weighted by Crippen LogP contribution is 2.27. The van der Waals surface area contributed by atoms with Crippen molar-refractivity contribution in [3.05, 3.63) is 0 Å². The molecule has 1 aliphatic heterocycles. The average molecular weight is 238 g/mol. The van der Waals surface area contributed by atoms with Crippen LogP contribution in [0.15, 0.2) is 0 Å². The zero-order chi connectivity index (χ0) is 11.9. The van der Waals surface area contributed by atoms with Crippen LogP contribution in [0.1, 0.15) is 51.9 Å². The van der Waals surface area contributed by atoms with Gasteiger partial charge in [-0.25, -0.2) is 0 Å². The molecule has 0 aromatic rings. The number of nitrogens with one attached hydrogen (secondary N) is 1. The Bertz CT molecular complexity index is 199. The molecular formula is C15H30N2. The van der Waals surface area contributed by atoms with E-state index in [-0.39, 0.29) is 0 Å². The minimum absolute atomic E-state index is 0.914. The molecule has 0 bridgehead atoms. The molecule has 1 saturated carbocycles. The van der Waals surface area contributed by atoms with E-state index in [9.17, 15) is 0 Å². The van der Waals surface area contributed by atoms with Gasteiger partial charge < -0.3 is 10.2 Å². The number of hydrogen-bond donors (Lipinski definition) is 1. The normalized spacial score (nSPS) is 27.7. The topological polar surface area (TPSA) is 15.3 Å². The van der Waals surface area contributed by atoms with E-state index in [1.807, 2.05) is 0 Å². The van der Waals surface area contributed by atoms with Gasteiger partial charge in [-0.2, -0.15) is 0 Å². The summed E-state index contributed by atoms with van der Waals surface area (Å²) < 4.78 is 0. The highest BCUT2D eigenvalue weighted by molar-refractivity contribution is 4.78. The molecule has 0 spiro atoms. The first-order valence-corrected chi connectivity index (χ1v) is 7.81. The molecule has 1 saturated heterocycles. The lowest BCUT2D eigenvalue weighted by atomic mass is 9.96. The highest BCUT2D eigenvalue weighted by Gasteiger charge is 2.23. The van der Waals surface area contributed by atoms with E-state index in [1.165, 1.54) is 77.7 Å². The maximum atomic E-state index is 3.59. The van der Waals surface area contributed by atoms with Gasteiger partial charge in [0.1, 0.15) is 0 Å². The Hall–Kier alpha value is -0.0800. The summed E-state index contributed by atoms with van der Waals surface area (Å²) in [5.41, 5.74) is 0. The van der Waals surface area contributed by atoms with Gasteiger partial charge in [0.2, 0.25) is 0 Å². The zero-order valence-corrected chi connectivity index (χ0v) is 11.6. The first-order valence-electron chi connectivity index (χ1n) is 7.81. The zero-order valence-electron chi connectivity index (χ0n) is 11.6. The summed E-state index contributed by atoms with van der Waals surface area (Å²) >= 11 is 0. The molecule has 0 amide bonds. The van der Waals surface area contributed by atoms with Crippen molar-refractivity contribution >= 4 is 0 Å². The van der Waals surface area contributed by atoms with Crippen LogP contribution in [0.4, 0.5) is 0 Å².